The largest absolute Gasteiger partial charge is 0.464 e. The van der Waals surface area contributed by atoms with Gasteiger partial charge in [0.15, 0.2) is 0 Å². The molecule has 1 aliphatic carbocycles. The van der Waals surface area contributed by atoms with Gasteiger partial charge in [-0.05, 0) is 26.7 Å². The van der Waals surface area contributed by atoms with Crippen molar-refractivity contribution in [3.63, 3.8) is 0 Å². The van der Waals surface area contributed by atoms with Gasteiger partial charge in [-0.15, -0.1) is 0 Å². The van der Waals surface area contributed by atoms with E-state index in [0.29, 0.717) is 25.3 Å². The van der Waals surface area contributed by atoms with Gasteiger partial charge in [0.2, 0.25) is 5.91 Å². The molecule has 0 aliphatic heterocycles. The average Bonchev–Trinajstić information content (AvgIpc) is 2.81. The Hall–Kier alpha value is -1.92. The number of H-pyrrole nitrogens is 1. The van der Waals surface area contributed by atoms with E-state index in [-0.39, 0.29) is 5.91 Å². The highest BCUT2D eigenvalue weighted by Crippen LogP contribution is 2.42. The van der Waals surface area contributed by atoms with Crippen LogP contribution in [0.25, 0.3) is 0 Å². The van der Waals surface area contributed by atoms with Gasteiger partial charge in [0.05, 0.1) is 6.61 Å². The minimum Gasteiger partial charge on any atom is -0.464 e. The van der Waals surface area contributed by atoms with Crippen LogP contribution in [0.3, 0.4) is 0 Å². The summed E-state index contributed by atoms with van der Waals surface area (Å²) in [6, 6.07) is -0.659. The molecule has 7 nitrogen and oxygen atoms in total. The van der Waals surface area contributed by atoms with Crippen molar-refractivity contribution in [2.45, 2.75) is 44.6 Å². The van der Waals surface area contributed by atoms with Gasteiger partial charge < -0.3 is 10.1 Å². The maximum Gasteiger partial charge on any atom is 0.328 e. The molecule has 0 aromatic carbocycles. The number of carbonyl (C=O) groups excluding carboxylic acids is 2. The molecule has 104 valence electrons. The standard InChI is InChI=1S/C12H18N4O3/c1-3-19-9(17)8(2)15-11(18)12(5-4-6-12)10-13-7-14-16-10/h7-8H,3-6H2,1-2H3,(H,15,18)(H,13,14,16)/t8-/m0/s1. The Morgan fingerprint density at radius 3 is 2.79 bits per heavy atom. The van der Waals surface area contributed by atoms with Crippen LogP contribution in [0.15, 0.2) is 6.33 Å². The van der Waals surface area contributed by atoms with Crippen molar-refractivity contribution in [3.8, 4) is 0 Å². The van der Waals surface area contributed by atoms with Crippen molar-refractivity contribution in [3.05, 3.63) is 12.2 Å². The molecule has 1 atom stereocenters. The number of rotatable bonds is 5. The van der Waals surface area contributed by atoms with Gasteiger partial charge in [-0.25, -0.2) is 9.78 Å². The molecule has 1 aromatic rings. The Labute approximate surface area is 111 Å². The van der Waals surface area contributed by atoms with Crippen LogP contribution < -0.4 is 5.32 Å². The van der Waals surface area contributed by atoms with E-state index < -0.39 is 17.4 Å². The Balaban J connectivity index is 2.04. The van der Waals surface area contributed by atoms with Crippen LogP contribution in [0, 0.1) is 0 Å². The number of hydrogen-bond acceptors (Lipinski definition) is 5. The molecule has 0 radical (unpaired) electrons. The Morgan fingerprint density at radius 2 is 2.32 bits per heavy atom. The molecule has 0 saturated heterocycles. The summed E-state index contributed by atoms with van der Waals surface area (Å²) in [5, 5.41) is 9.23. The summed E-state index contributed by atoms with van der Waals surface area (Å²) in [6.07, 6.45) is 3.77. The van der Waals surface area contributed by atoms with Gasteiger partial charge in [-0.1, -0.05) is 6.42 Å². The molecule has 1 saturated carbocycles. The fraction of sp³-hybridized carbons (Fsp3) is 0.667. The molecule has 1 fully saturated rings. The van der Waals surface area contributed by atoms with Crippen LogP contribution in [0.2, 0.25) is 0 Å². The second kappa shape index (κ2) is 5.38. The molecule has 0 spiro atoms. The summed E-state index contributed by atoms with van der Waals surface area (Å²) < 4.78 is 4.87. The molecular weight excluding hydrogens is 248 g/mol. The molecule has 2 N–H and O–H groups in total. The van der Waals surface area contributed by atoms with E-state index in [2.05, 4.69) is 20.5 Å². The second-order valence-electron chi connectivity index (χ2n) is 4.72. The predicted molar refractivity (Wildman–Crippen MR) is 66.1 cm³/mol. The zero-order chi connectivity index (χ0) is 13.9. The summed E-state index contributed by atoms with van der Waals surface area (Å²) in [7, 11) is 0. The maximum atomic E-state index is 12.4. The lowest BCUT2D eigenvalue weighted by molar-refractivity contribution is -0.148. The molecule has 0 unspecified atom stereocenters. The molecule has 7 heteroatoms. The van der Waals surface area contributed by atoms with Crippen LogP contribution in [-0.2, 0) is 19.7 Å². The van der Waals surface area contributed by atoms with Crippen molar-refractivity contribution in [2.75, 3.05) is 6.61 Å². The first kappa shape index (κ1) is 13.5. The Morgan fingerprint density at radius 1 is 1.58 bits per heavy atom. The number of esters is 1. The Bertz CT molecular complexity index is 454. The van der Waals surface area contributed by atoms with Crippen molar-refractivity contribution >= 4 is 11.9 Å². The van der Waals surface area contributed by atoms with Crippen molar-refractivity contribution < 1.29 is 14.3 Å². The van der Waals surface area contributed by atoms with Crippen LogP contribution in [-0.4, -0.2) is 39.7 Å². The highest BCUT2D eigenvalue weighted by molar-refractivity contribution is 5.91. The Kier molecular flexibility index (Phi) is 3.82. The quantitative estimate of drug-likeness (QED) is 0.747. The minimum atomic E-state index is -0.669. The van der Waals surface area contributed by atoms with Crippen LogP contribution in [0.1, 0.15) is 38.9 Å². The summed E-state index contributed by atoms with van der Waals surface area (Å²) in [5.41, 5.74) is -0.669. The van der Waals surface area contributed by atoms with Crippen molar-refractivity contribution in [1.82, 2.24) is 20.5 Å². The summed E-state index contributed by atoms with van der Waals surface area (Å²) in [6.45, 7) is 3.64. The first-order valence-corrected chi connectivity index (χ1v) is 6.43. The van der Waals surface area contributed by atoms with Crippen LogP contribution in [0.5, 0.6) is 0 Å². The van der Waals surface area contributed by atoms with Gasteiger partial charge in [0.1, 0.15) is 23.6 Å². The van der Waals surface area contributed by atoms with E-state index >= 15 is 0 Å². The average molecular weight is 266 g/mol. The van der Waals surface area contributed by atoms with E-state index in [0.717, 1.165) is 6.42 Å². The predicted octanol–water partition coefficient (Wildman–Crippen LogP) is 0.294. The lowest BCUT2D eigenvalue weighted by atomic mass is 9.67. The van der Waals surface area contributed by atoms with E-state index in [1.54, 1.807) is 13.8 Å². The number of amides is 1. The third kappa shape index (κ3) is 2.45. The third-order valence-corrected chi connectivity index (χ3v) is 3.50. The van der Waals surface area contributed by atoms with E-state index in [1.807, 2.05) is 0 Å². The first-order chi connectivity index (χ1) is 9.10. The zero-order valence-corrected chi connectivity index (χ0v) is 11.1. The van der Waals surface area contributed by atoms with Gasteiger partial charge in [0.25, 0.3) is 0 Å². The van der Waals surface area contributed by atoms with Gasteiger partial charge in [-0.2, -0.15) is 5.10 Å². The van der Waals surface area contributed by atoms with Gasteiger partial charge in [-0.3, -0.25) is 9.89 Å². The second-order valence-corrected chi connectivity index (χ2v) is 4.72. The maximum absolute atomic E-state index is 12.4. The highest BCUT2D eigenvalue weighted by Gasteiger charge is 2.48. The number of aromatic amines is 1. The molecule has 1 aromatic heterocycles. The van der Waals surface area contributed by atoms with E-state index in [1.165, 1.54) is 6.33 Å². The first-order valence-electron chi connectivity index (χ1n) is 6.43. The molecular formula is C12H18N4O3. The molecule has 19 heavy (non-hydrogen) atoms. The van der Waals surface area contributed by atoms with Gasteiger partial charge >= 0.3 is 5.97 Å². The molecule has 1 aliphatic rings. The number of nitrogens with zero attached hydrogens (tertiary/aromatic N) is 2. The van der Waals surface area contributed by atoms with Crippen molar-refractivity contribution in [2.24, 2.45) is 0 Å². The highest BCUT2D eigenvalue weighted by atomic mass is 16.5. The smallest absolute Gasteiger partial charge is 0.328 e. The molecule has 1 amide bonds. The normalized spacial score (nSPS) is 18.2. The SMILES string of the molecule is CCOC(=O)[C@H](C)NC(=O)C1(c2ncn[nH]2)CCC1. The topological polar surface area (TPSA) is 97.0 Å². The summed E-state index contributed by atoms with van der Waals surface area (Å²) in [4.78, 5) is 28.0. The number of nitrogens with one attached hydrogen (secondary N) is 2. The number of carbonyl (C=O) groups is 2. The molecule has 1 heterocycles. The fourth-order valence-corrected chi connectivity index (χ4v) is 2.20. The molecule has 0 bridgehead atoms. The van der Waals surface area contributed by atoms with Crippen LogP contribution >= 0.6 is 0 Å². The van der Waals surface area contributed by atoms with Crippen molar-refractivity contribution in [1.29, 1.82) is 0 Å². The number of hydrogen-bond donors (Lipinski definition) is 2. The molecule has 2 rings (SSSR count). The van der Waals surface area contributed by atoms with Crippen LogP contribution in [0.4, 0.5) is 0 Å². The lowest BCUT2D eigenvalue weighted by Gasteiger charge is -2.38. The monoisotopic (exact) mass is 266 g/mol. The fourth-order valence-electron chi connectivity index (χ4n) is 2.20. The summed E-state index contributed by atoms with van der Waals surface area (Å²) in [5.74, 6) is -0.0637. The minimum absolute atomic E-state index is 0.198. The van der Waals surface area contributed by atoms with E-state index in [4.69, 9.17) is 4.74 Å². The number of ether oxygens (including phenoxy) is 1. The summed E-state index contributed by atoms with van der Waals surface area (Å²) >= 11 is 0. The number of aromatic nitrogens is 3. The lowest BCUT2D eigenvalue weighted by Crippen LogP contribution is -2.53. The third-order valence-electron chi connectivity index (χ3n) is 3.50. The zero-order valence-electron chi connectivity index (χ0n) is 11.1. The van der Waals surface area contributed by atoms with Gasteiger partial charge in [0, 0.05) is 0 Å². The van der Waals surface area contributed by atoms with E-state index in [9.17, 15) is 9.59 Å².